The highest BCUT2D eigenvalue weighted by molar-refractivity contribution is 8.00. The highest BCUT2D eigenvalue weighted by Crippen LogP contribution is 2.32. The smallest absolute Gasteiger partial charge is 0.181 e. The first-order chi connectivity index (χ1) is 8.19. The molecule has 5 heteroatoms. The third kappa shape index (κ3) is 3.14. The van der Waals surface area contributed by atoms with Gasteiger partial charge in [-0.15, -0.1) is 11.8 Å². The standard InChI is InChI=1S/C12H14N2OS2/c1-8-3-4-10(15-2)9(5-8)7-16-11-6-14-12(13)17-11/h3-6H,7H2,1-2H3,(H2,13,14). The van der Waals surface area contributed by atoms with Gasteiger partial charge in [0.15, 0.2) is 5.13 Å². The molecule has 17 heavy (non-hydrogen) atoms. The van der Waals surface area contributed by atoms with E-state index in [-0.39, 0.29) is 0 Å². The van der Waals surface area contributed by atoms with Crippen LogP contribution >= 0.6 is 23.1 Å². The first kappa shape index (κ1) is 12.3. The first-order valence-corrected chi connectivity index (χ1v) is 6.97. The number of thiazole rings is 1. The molecule has 0 radical (unpaired) electrons. The Kier molecular flexibility index (Phi) is 3.91. The molecule has 0 unspecified atom stereocenters. The van der Waals surface area contributed by atoms with Gasteiger partial charge in [-0.2, -0.15) is 0 Å². The van der Waals surface area contributed by atoms with Crippen molar-refractivity contribution in [1.29, 1.82) is 0 Å². The Balaban J connectivity index is 2.10. The molecule has 1 aromatic heterocycles. The van der Waals surface area contributed by atoms with Crippen LogP contribution in [0.3, 0.4) is 0 Å². The Bertz CT molecular complexity index is 511. The van der Waals surface area contributed by atoms with E-state index in [0.717, 1.165) is 15.7 Å². The van der Waals surface area contributed by atoms with Gasteiger partial charge in [0.1, 0.15) is 5.75 Å². The molecular formula is C12H14N2OS2. The Morgan fingerprint density at radius 2 is 2.29 bits per heavy atom. The number of thioether (sulfide) groups is 1. The minimum atomic E-state index is 0.615. The van der Waals surface area contributed by atoms with E-state index in [9.17, 15) is 0 Å². The molecule has 0 saturated heterocycles. The number of aromatic nitrogens is 1. The molecule has 3 nitrogen and oxygen atoms in total. The lowest BCUT2D eigenvalue weighted by Crippen LogP contribution is -1.90. The van der Waals surface area contributed by atoms with Crippen LogP contribution in [-0.2, 0) is 5.75 Å². The van der Waals surface area contributed by atoms with Crippen molar-refractivity contribution < 1.29 is 4.74 Å². The zero-order valence-corrected chi connectivity index (χ0v) is 11.4. The van der Waals surface area contributed by atoms with Crippen LogP contribution in [0.2, 0.25) is 0 Å². The fraction of sp³-hybridized carbons (Fsp3) is 0.250. The molecule has 2 rings (SSSR count). The number of nitrogen functional groups attached to an aromatic ring is 1. The zero-order chi connectivity index (χ0) is 12.3. The van der Waals surface area contributed by atoms with Gasteiger partial charge >= 0.3 is 0 Å². The molecule has 1 aromatic carbocycles. The van der Waals surface area contributed by atoms with E-state index in [0.29, 0.717) is 5.13 Å². The molecule has 1 heterocycles. The lowest BCUT2D eigenvalue weighted by Gasteiger charge is -2.08. The third-order valence-electron chi connectivity index (χ3n) is 2.31. The monoisotopic (exact) mass is 266 g/mol. The van der Waals surface area contributed by atoms with Crippen molar-refractivity contribution in [3.63, 3.8) is 0 Å². The second-order valence-corrected chi connectivity index (χ2v) is 5.96. The van der Waals surface area contributed by atoms with E-state index in [1.807, 2.05) is 12.3 Å². The number of aryl methyl sites for hydroxylation is 1. The second-order valence-electron chi connectivity index (χ2n) is 3.62. The topological polar surface area (TPSA) is 48.1 Å². The predicted octanol–water partition coefficient (Wildman–Crippen LogP) is 3.33. The number of ether oxygens (including phenoxy) is 1. The van der Waals surface area contributed by atoms with Crippen molar-refractivity contribution in [1.82, 2.24) is 4.98 Å². The molecule has 0 saturated carbocycles. The van der Waals surface area contributed by atoms with Crippen LogP contribution in [0.1, 0.15) is 11.1 Å². The number of rotatable bonds is 4. The minimum Gasteiger partial charge on any atom is -0.496 e. The number of nitrogens with two attached hydrogens (primary N) is 1. The highest BCUT2D eigenvalue weighted by atomic mass is 32.2. The molecule has 2 aromatic rings. The average Bonchev–Trinajstić information content (AvgIpc) is 2.73. The molecule has 0 amide bonds. The molecule has 0 bridgehead atoms. The number of nitrogens with zero attached hydrogens (tertiary/aromatic N) is 1. The second kappa shape index (κ2) is 5.42. The van der Waals surface area contributed by atoms with Gasteiger partial charge < -0.3 is 10.5 Å². The molecule has 90 valence electrons. The molecule has 0 atom stereocenters. The van der Waals surface area contributed by atoms with Crippen LogP contribution in [0.25, 0.3) is 0 Å². The van der Waals surface area contributed by atoms with E-state index in [1.54, 1.807) is 18.9 Å². The summed E-state index contributed by atoms with van der Waals surface area (Å²) in [5.41, 5.74) is 8.04. The predicted molar refractivity (Wildman–Crippen MR) is 73.8 cm³/mol. The van der Waals surface area contributed by atoms with Crippen molar-refractivity contribution in [2.75, 3.05) is 12.8 Å². The van der Waals surface area contributed by atoms with Crippen molar-refractivity contribution in [3.8, 4) is 5.75 Å². The van der Waals surface area contributed by atoms with E-state index in [4.69, 9.17) is 10.5 Å². The van der Waals surface area contributed by atoms with E-state index >= 15 is 0 Å². The highest BCUT2D eigenvalue weighted by Gasteiger charge is 2.05. The number of methoxy groups -OCH3 is 1. The third-order valence-corrected chi connectivity index (χ3v) is 4.38. The lowest BCUT2D eigenvalue weighted by atomic mass is 10.1. The Hall–Kier alpha value is -1.20. The molecule has 0 aliphatic carbocycles. The van der Waals surface area contributed by atoms with Gasteiger partial charge in [0.2, 0.25) is 0 Å². The van der Waals surface area contributed by atoms with Gasteiger partial charge in [-0.1, -0.05) is 29.0 Å². The van der Waals surface area contributed by atoms with Crippen molar-refractivity contribution >= 4 is 28.2 Å². The van der Waals surface area contributed by atoms with Crippen LogP contribution < -0.4 is 10.5 Å². The van der Waals surface area contributed by atoms with Gasteiger partial charge in [-0.05, 0) is 13.0 Å². The van der Waals surface area contributed by atoms with Crippen molar-refractivity contribution in [2.45, 2.75) is 16.9 Å². The van der Waals surface area contributed by atoms with Crippen molar-refractivity contribution in [2.24, 2.45) is 0 Å². The molecular weight excluding hydrogens is 252 g/mol. The van der Waals surface area contributed by atoms with Gasteiger partial charge in [-0.25, -0.2) is 4.98 Å². The number of anilines is 1. The van der Waals surface area contributed by atoms with E-state index < -0.39 is 0 Å². The van der Waals surface area contributed by atoms with Crippen LogP contribution in [-0.4, -0.2) is 12.1 Å². The Labute approximate surface area is 109 Å². The summed E-state index contributed by atoms with van der Waals surface area (Å²) in [5.74, 6) is 1.80. The van der Waals surface area contributed by atoms with E-state index in [2.05, 4.69) is 24.0 Å². The summed E-state index contributed by atoms with van der Waals surface area (Å²) < 4.78 is 6.47. The average molecular weight is 266 g/mol. The van der Waals surface area contributed by atoms with Crippen LogP contribution in [0.15, 0.2) is 28.6 Å². The minimum absolute atomic E-state index is 0.615. The summed E-state index contributed by atoms with van der Waals surface area (Å²) in [6, 6.07) is 6.21. The normalized spacial score (nSPS) is 10.5. The van der Waals surface area contributed by atoms with E-state index in [1.165, 1.54) is 22.5 Å². The molecule has 0 spiro atoms. The van der Waals surface area contributed by atoms with Gasteiger partial charge in [0.25, 0.3) is 0 Å². The number of hydrogen-bond donors (Lipinski definition) is 1. The first-order valence-electron chi connectivity index (χ1n) is 5.16. The largest absolute Gasteiger partial charge is 0.496 e. The fourth-order valence-electron chi connectivity index (χ4n) is 1.51. The summed E-state index contributed by atoms with van der Waals surface area (Å²) in [5, 5.41) is 0.615. The zero-order valence-electron chi connectivity index (χ0n) is 9.77. The number of hydrogen-bond acceptors (Lipinski definition) is 5. The summed E-state index contributed by atoms with van der Waals surface area (Å²) in [4.78, 5) is 4.03. The van der Waals surface area contributed by atoms with Gasteiger partial charge in [-0.3, -0.25) is 0 Å². The van der Waals surface area contributed by atoms with Crippen molar-refractivity contribution in [3.05, 3.63) is 35.5 Å². The van der Waals surface area contributed by atoms with Crippen LogP contribution in [0, 0.1) is 6.92 Å². The Morgan fingerprint density at radius 3 is 2.94 bits per heavy atom. The van der Waals surface area contributed by atoms with Gasteiger partial charge in [0.05, 0.1) is 17.5 Å². The lowest BCUT2D eigenvalue weighted by molar-refractivity contribution is 0.411. The molecule has 0 aliphatic rings. The summed E-state index contributed by atoms with van der Waals surface area (Å²) in [6.07, 6.45) is 1.81. The Morgan fingerprint density at radius 1 is 1.47 bits per heavy atom. The summed E-state index contributed by atoms with van der Waals surface area (Å²) in [7, 11) is 1.70. The summed E-state index contributed by atoms with van der Waals surface area (Å²) in [6.45, 7) is 2.08. The summed E-state index contributed by atoms with van der Waals surface area (Å²) >= 11 is 3.24. The number of benzene rings is 1. The maximum atomic E-state index is 5.60. The molecule has 0 fully saturated rings. The fourth-order valence-corrected chi connectivity index (χ4v) is 3.24. The maximum Gasteiger partial charge on any atom is 0.181 e. The molecule has 0 aliphatic heterocycles. The SMILES string of the molecule is COc1ccc(C)cc1CSc1cnc(N)s1. The molecule has 2 N–H and O–H groups in total. The quantitative estimate of drug-likeness (QED) is 0.862. The van der Waals surface area contributed by atoms with Crippen LogP contribution in [0.4, 0.5) is 5.13 Å². The van der Waals surface area contributed by atoms with Crippen LogP contribution in [0.5, 0.6) is 5.75 Å². The maximum absolute atomic E-state index is 5.60. The van der Waals surface area contributed by atoms with Gasteiger partial charge in [0, 0.05) is 11.3 Å².